The second-order valence-corrected chi connectivity index (χ2v) is 4.28. The number of halogens is 1. The predicted octanol–water partition coefficient (Wildman–Crippen LogP) is 1.88. The van der Waals surface area contributed by atoms with Crippen LogP contribution >= 0.6 is 0 Å². The number of rotatable bonds is 3. The van der Waals surface area contributed by atoms with Gasteiger partial charge in [-0.1, -0.05) is 24.3 Å². The number of benzene rings is 1. The Morgan fingerprint density at radius 1 is 1.11 bits per heavy atom. The van der Waals surface area contributed by atoms with E-state index in [-0.39, 0.29) is 11.5 Å². The molecule has 0 radical (unpaired) electrons. The van der Waals surface area contributed by atoms with Crippen molar-refractivity contribution < 1.29 is 4.39 Å². The fourth-order valence-electron chi connectivity index (χ4n) is 2.04. The van der Waals surface area contributed by atoms with E-state index in [1.807, 2.05) is 6.07 Å². The summed E-state index contributed by atoms with van der Waals surface area (Å²) in [6.07, 6.45) is 2.11. The molecule has 0 saturated heterocycles. The Balaban J connectivity index is 1.88. The maximum Gasteiger partial charge on any atom is 0.350 e. The maximum atomic E-state index is 13.5. The van der Waals surface area contributed by atoms with Gasteiger partial charge in [-0.3, -0.25) is 4.40 Å². The number of fused-ring (bicyclic) bond motifs is 1. The van der Waals surface area contributed by atoms with Gasteiger partial charge in [-0.05, 0) is 30.2 Å². The van der Waals surface area contributed by atoms with Crippen molar-refractivity contribution in [3.8, 4) is 0 Å². The summed E-state index contributed by atoms with van der Waals surface area (Å²) in [6.45, 7) is 0.363. The van der Waals surface area contributed by atoms with E-state index >= 15 is 0 Å². The first kappa shape index (κ1) is 11.6. The van der Waals surface area contributed by atoms with Crippen LogP contribution in [0.1, 0.15) is 5.56 Å². The van der Waals surface area contributed by atoms with Crippen LogP contribution in [0.25, 0.3) is 5.65 Å². The molecule has 0 aliphatic heterocycles. The molecule has 3 aromatic rings. The van der Waals surface area contributed by atoms with E-state index in [2.05, 4.69) is 5.10 Å². The number of hydrogen-bond donors (Lipinski definition) is 0. The SMILES string of the molecule is O=c1n(CCc2ccccc2F)nc2ccccn12. The molecular formula is C14H12FN3O. The summed E-state index contributed by atoms with van der Waals surface area (Å²) in [5.41, 5.74) is 0.986. The second-order valence-electron chi connectivity index (χ2n) is 4.28. The third-order valence-electron chi connectivity index (χ3n) is 3.04. The first-order valence-electron chi connectivity index (χ1n) is 6.03. The molecule has 5 heteroatoms. The third kappa shape index (κ3) is 2.14. The molecule has 0 amide bonds. The molecule has 0 unspecified atom stereocenters. The fraction of sp³-hybridized carbons (Fsp3) is 0.143. The van der Waals surface area contributed by atoms with Crippen LogP contribution in [0.5, 0.6) is 0 Å². The van der Waals surface area contributed by atoms with E-state index in [1.165, 1.54) is 15.1 Å². The minimum atomic E-state index is -0.251. The Morgan fingerprint density at radius 3 is 2.68 bits per heavy atom. The van der Waals surface area contributed by atoms with E-state index in [1.54, 1.807) is 36.5 Å². The van der Waals surface area contributed by atoms with Crippen LogP contribution in [0, 0.1) is 5.82 Å². The molecule has 2 aromatic heterocycles. The molecule has 0 spiro atoms. The summed E-state index contributed by atoms with van der Waals surface area (Å²) in [5, 5.41) is 4.20. The molecule has 0 fully saturated rings. The van der Waals surface area contributed by atoms with Gasteiger partial charge in [0.25, 0.3) is 0 Å². The summed E-state index contributed by atoms with van der Waals surface area (Å²) in [4.78, 5) is 12.0. The summed E-state index contributed by atoms with van der Waals surface area (Å²) >= 11 is 0. The predicted molar refractivity (Wildman–Crippen MR) is 69.6 cm³/mol. The topological polar surface area (TPSA) is 39.3 Å². The van der Waals surface area contributed by atoms with Crippen LogP contribution in [-0.4, -0.2) is 14.2 Å². The highest BCUT2D eigenvalue weighted by molar-refractivity contribution is 5.35. The fourth-order valence-corrected chi connectivity index (χ4v) is 2.04. The van der Waals surface area contributed by atoms with Crippen molar-refractivity contribution >= 4 is 5.65 Å². The Bertz CT molecular complexity index is 775. The van der Waals surface area contributed by atoms with Gasteiger partial charge in [0.1, 0.15) is 5.82 Å². The Morgan fingerprint density at radius 2 is 1.89 bits per heavy atom. The average molecular weight is 257 g/mol. The van der Waals surface area contributed by atoms with E-state index in [0.717, 1.165) is 0 Å². The lowest BCUT2D eigenvalue weighted by Crippen LogP contribution is -2.22. The Labute approximate surface area is 108 Å². The standard InChI is InChI=1S/C14H12FN3O/c15-12-6-2-1-5-11(12)8-10-18-14(19)17-9-4-3-7-13(17)16-18/h1-7,9H,8,10H2. The van der Waals surface area contributed by atoms with Gasteiger partial charge in [-0.2, -0.15) is 0 Å². The molecule has 0 bridgehead atoms. The van der Waals surface area contributed by atoms with Gasteiger partial charge >= 0.3 is 5.69 Å². The molecule has 4 nitrogen and oxygen atoms in total. The molecule has 0 saturated carbocycles. The van der Waals surface area contributed by atoms with Crippen molar-refractivity contribution in [1.29, 1.82) is 0 Å². The zero-order valence-corrected chi connectivity index (χ0v) is 10.2. The quantitative estimate of drug-likeness (QED) is 0.718. The van der Waals surface area contributed by atoms with Crippen LogP contribution in [0.15, 0.2) is 53.5 Å². The highest BCUT2D eigenvalue weighted by Gasteiger charge is 2.07. The van der Waals surface area contributed by atoms with Crippen molar-refractivity contribution in [2.75, 3.05) is 0 Å². The number of nitrogens with zero attached hydrogens (tertiary/aromatic N) is 3. The number of aryl methyl sites for hydroxylation is 2. The molecule has 3 rings (SSSR count). The van der Waals surface area contributed by atoms with Crippen LogP contribution in [0.3, 0.4) is 0 Å². The highest BCUT2D eigenvalue weighted by atomic mass is 19.1. The van der Waals surface area contributed by atoms with Gasteiger partial charge < -0.3 is 0 Å². The number of pyridine rings is 1. The number of hydrogen-bond acceptors (Lipinski definition) is 2. The molecule has 0 aliphatic rings. The van der Waals surface area contributed by atoms with Crippen LogP contribution in [0.4, 0.5) is 4.39 Å². The zero-order chi connectivity index (χ0) is 13.2. The van der Waals surface area contributed by atoms with E-state index in [9.17, 15) is 9.18 Å². The molecule has 96 valence electrons. The van der Waals surface area contributed by atoms with Gasteiger partial charge in [0, 0.05) is 6.20 Å². The summed E-state index contributed by atoms with van der Waals surface area (Å²) < 4.78 is 16.3. The van der Waals surface area contributed by atoms with Crippen molar-refractivity contribution in [3.63, 3.8) is 0 Å². The summed E-state index contributed by atoms with van der Waals surface area (Å²) in [5.74, 6) is -0.251. The minimum Gasteiger partial charge on any atom is -0.250 e. The van der Waals surface area contributed by atoms with Crippen molar-refractivity contribution in [2.45, 2.75) is 13.0 Å². The van der Waals surface area contributed by atoms with Crippen molar-refractivity contribution in [3.05, 3.63) is 70.5 Å². The molecule has 1 aromatic carbocycles. The van der Waals surface area contributed by atoms with Crippen LogP contribution in [0.2, 0.25) is 0 Å². The van der Waals surface area contributed by atoms with Gasteiger partial charge in [0.15, 0.2) is 5.65 Å². The first-order valence-corrected chi connectivity index (χ1v) is 6.03. The van der Waals surface area contributed by atoms with Crippen molar-refractivity contribution in [1.82, 2.24) is 14.2 Å². The lowest BCUT2D eigenvalue weighted by atomic mass is 10.1. The number of aromatic nitrogens is 3. The van der Waals surface area contributed by atoms with Gasteiger partial charge in [0.05, 0.1) is 6.54 Å². The first-order chi connectivity index (χ1) is 9.25. The van der Waals surface area contributed by atoms with Crippen LogP contribution < -0.4 is 5.69 Å². The normalized spacial score (nSPS) is 11.0. The monoisotopic (exact) mass is 257 g/mol. The summed E-state index contributed by atoms with van der Waals surface area (Å²) in [7, 11) is 0. The van der Waals surface area contributed by atoms with Crippen molar-refractivity contribution in [2.24, 2.45) is 0 Å². The Hall–Kier alpha value is -2.43. The maximum absolute atomic E-state index is 13.5. The summed E-state index contributed by atoms with van der Waals surface area (Å²) in [6, 6.07) is 11.9. The minimum absolute atomic E-state index is 0.202. The zero-order valence-electron chi connectivity index (χ0n) is 10.2. The van der Waals surface area contributed by atoms with Gasteiger partial charge in [0.2, 0.25) is 0 Å². The molecule has 0 atom stereocenters. The van der Waals surface area contributed by atoms with Gasteiger partial charge in [-0.25, -0.2) is 13.9 Å². The molecule has 2 heterocycles. The Kier molecular flexibility index (Phi) is 2.87. The van der Waals surface area contributed by atoms with Crippen LogP contribution in [-0.2, 0) is 13.0 Å². The third-order valence-corrected chi connectivity index (χ3v) is 3.04. The second kappa shape index (κ2) is 4.68. The average Bonchev–Trinajstić information content (AvgIpc) is 2.75. The molecule has 19 heavy (non-hydrogen) atoms. The van der Waals surface area contributed by atoms with E-state index < -0.39 is 0 Å². The highest BCUT2D eigenvalue weighted by Crippen LogP contribution is 2.07. The van der Waals surface area contributed by atoms with E-state index in [0.29, 0.717) is 24.2 Å². The molecular weight excluding hydrogens is 245 g/mol. The van der Waals surface area contributed by atoms with E-state index in [4.69, 9.17) is 0 Å². The smallest absolute Gasteiger partial charge is 0.250 e. The lowest BCUT2D eigenvalue weighted by molar-refractivity contribution is 0.561. The molecule has 0 aliphatic carbocycles. The molecule has 0 N–H and O–H groups in total. The largest absolute Gasteiger partial charge is 0.350 e. The lowest BCUT2D eigenvalue weighted by Gasteiger charge is -2.01. The van der Waals surface area contributed by atoms with Gasteiger partial charge in [-0.15, -0.1) is 5.10 Å².